The van der Waals surface area contributed by atoms with Gasteiger partial charge >= 0.3 is 0 Å². The van der Waals surface area contributed by atoms with E-state index in [2.05, 4.69) is 22.8 Å². The van der Waals surface area contributed by atoms with Crippen molar-refractivity contribution in [2.45, 2.75) is 46.5 Å². The maximum Gasteiger partial charge on any atom is 0.0686 e. The Hall–Kier alpha value is 0.570. The Labute approximate surface area is 93.9 Å². The molecule has 1 aliphatic rings. The van der Waals surface area contributed by atoms with Gasteiger partial charge in [-0.2, -0.15) is 5.26 Å². The smallest absolute Gasteiger partial charge is 0.0686 e. The predicted octanol–water partition coefficient (Wildman–Crippen LogP) is 4.38. The number of thiol groups is 1. The van der Waals surface area contributed by atoms with Crippen molar-refractivity contribution >= 4 is 31.0 Å². The van der Waals surface area contributed by atoms with Crippen molar-refractivity contribution in [1.82, 2.24) is 0 Å². The zero-order chi connectivity index (χ0) is 10.0. The van der Waals surface area contributed by atoms with Gasteiger partial charge in [-0.05, 0) is 41.0 Å². The lowest BCUT2D eigenvalue weighted by Crippen LogP contribution is -2.05. The van der Waals surface area contributed by atoms with E-state index in [0.717, 1.165) is 12.8 Å². The summed E-state index contributed by atoms with van der Waals surface area (Å²) in [6.45, 7) is 6.06. The summed E-state index contributed by atoms with van der Waals surface area (Å²) in [6.07, 6.45) is 4.74. The van der Waals surface area contributed by atoms with Crippen LogP contribution in [-0.2, 0) is 0 Å². The molecule has 0 radical (unpaired) electrons. The number of hydrogen-bond donors (Lipinski definition) is 1. The van der Waals surface area contributed by atoms with Gasteiger partial charge in [0, 0.05) is 0 Å². The highest BCUT2D eigenvalue weighted by Gasteiger charge is 2.27. The molecule has 0 unspecified atom stereocenters. The Morgan fingerprint density at radius 1 is 1.25 bits per heavy atom. The molecule has 0 spiro atoms. The van der Waals surface area contributed by atoms with Crippen LogP contribution in [0.1, 0.15) is 46.5 Å². The summed E-state index contributed by atoms with van der Waals surface area (Å²) >= 11 is 1.84. The first-order valence-corrected chi connectivity index (χ1v) is 7.58. The fourth-order valence-electron chi connectivity index (χ4n) is 1.27. The van der Waals surface area contributed by atoms with Crippen LogP contribution in [0.5, 0.6) is 0 Å². The monoisotopic (exact) mass is 299 g/mol. The van der Waals surface area contributed by atoms with E-state index in [4.69, 9.17) is 5.26 Å². The molecule has 0 amide bonds. The first-order valence-electron chi connectivity index (χ1n) is 4.35. The molecular formula is C9H18INS. The predicted molar refractivity (Wildman–Crippen MR) is 66.5 cm³/mol. The zero-order valence-corrected chi connectivity index (χ0v) is 11.2. The molecule has 0 N–H and O–H groups in total. The average Bonchev–Trinajstić information content (AvgIpc) is 2.60. The molecule has 1 aliphatic carbocycles. The number of halogens is 1. The first kappa shape index (κ1) is 15.1. The molecule has 0 saturated heterocycles. The van der Waals surface area contributed by atoms with Crippen molar-refractivity contribution in [3.8, 4) is 6.07 Å². The van der Waals surface area contributed by atoms with Gasteiger partial charge in [0.05, 0.1) is 11.5 Å². The minimum atomic E-state index is 0.0417. The van der Waals surface area contributed by atoms with Gasteiger partial charge in [0.1, 0.15) is 0 Å². The molecule has 72 valence electrons. The SMILES string of the molecule is CC.CC1(C#N)CCCC1.SI. The Morgan fingerprint density at radius 2 is 1.58 bits per heavy atom. The molecule has 0 aromatic heterocycles. The zero-order valence-electron chi connectivity index (χ0n) is 8.10. The Morgan fingerprint density at radius 3 is 1.75 bits per heavy atom. The van der Waals surface area contributed by atoms with E-state index in [1.54, 1.807) is 0 Å². The second-order valence-electron chi connectivity index (χ2n) is 2.88. The summed E-state index contributed by atoms with van der Waals surface area (Å²) in [6, 6.07) is 2.34. The minimum Gasteiger partial charge on any atom is -0.198 e. The van der Waals surface area contributed by atoms with E-state index in [9.17, 15) is 0 Å². The topological polar surface area (TPSA) is 23.8 Å². The third-order valence-electron chi connectivity index (χ3n) is 1.98. The van der Waals surface area contributed by atoms with Gasteiger partial charge < -0.3 is 0 Å². The number of rotatable bonds is 0. The van der Waals surface area contributed by atoms with Crippen LogP contribution in [0.2, 0.25) is 0 Å². The van der Waals surface area contributed by atoms with Gasteiger partial charge in [-0.1, -0.05) is 26.7 Å². The van der Waals surface area contributed by atoms with Gasteiger partial charge in [0.25, 0.3) is 0 Å². The Balaban J connectivity index is 0. The quantitative estimate of drug-likeness (QED) is 0.521. The third kappa shape index (κ3) is 6.13. The van der Waals surface area contributed by atoms with E-state index in [0.29, 0.717) is 0 Å². The maximum absolute atomic E-state index is 8.58. The highest BCUT2D eigenvalue weighted by molar-refractivity contribution is 14.2. The number of nitrogens with zero attached hydrogens (tertiary/aromatic N) is 1. The largest absolute Gasteiger partial charge is 0.198 e. The lowest BCUT2D eigenvalue weighted by Gasteiger charge is -2.09. The van der Waals surface area contributed by atoms with E-state index in [-0.39, 0.29) is 5.41 Å². The van der Waals surface area contributed by atoms with Gasteiger partial charge in [-0.15, -0.1) is 9.80 Å². The fourth-order valence-corrected chi connectivity index (χ4v) is 1.27. The van der Waals surface area contributed by atoms with E-state index < -0.39 is 0 Å². The summed E-state index contributed by atoms with van der Waals surface area (Å²) < 4.78 is 0. The second kappa shape index (κ2) is 9.66. The Kier molecular flexibility index (Phi) is 12.1. The molecule has 0 aromatic rings. The summed E-state index contributed by atoms with van der Waals surface area (Å²) in [7, 11) is 3.50. The van der Waals surface area contributed by atoms with Crippen LogP contribution >= 0.6 is 31.0 Å². The van der Waals surface area contributed by atoms with Gasteiger partial charge in [0.15, 0.2) is 0 Å². The van der Waals surface area contributed by atoms with Crippen molar-refractivity contribution in [2.24, 2.45) is 5.41 Å². The van der Waals surface area contributed by atoms with Gasteiger partial charge in [-0.3, -0.25) is 0 Å². The summed E-state index contributed by atoms with van der Waals surface area (Å²) in [5, 5.41) is 8.58. The van der Waals surface area contributed by atoms with Crippen LogP contribution in [0.25, 0.3) is 0 Å². The average molecular weight is 299 g/mol. The van der Waals surface area contributed by atoms with Crippen molar-refractivity contribution in [3.63, 3.8) is 0 Å². The van der Waals surface area contributed by atoms with Gasteiger partial charge in [-0.25, -0.2) is 0 Å². The molecule has 0 aliphatic heterocycles. The second-order valence-corrected chi connectivity index (χ2v) is 2.88. The van der Waals surface area contributed by atoms with E-state index >= 15 is 0 Å². The molecule has 1 fully saturated rings. The summed E-state index contributed by atoms with van der Waals surface area (Å²) in [5.74, 6) is 0. The Bertz CT molecular complexity index is 125. The van der Waals surface area contributed by atoms with Crippen molar-refractivity contribution in [3.05, 3.63) is 0 Å². The highest BCUT2D eigenvalue weighted by Crippen LogP contribution is 2.36. The molecule has 0 aromatic carbocycles. The number of hydrogen-bond acceptors (Lipinski definition) is 2. The molecule has 12 heavy (non-hydrogen) atoms. The van der Waals surface area contributed by atoms with Crippen LogP contribution in [0.3, 0.4) is 0 Å². The molecule has 1 saturated carbocycles. The lowest BCUT2D eigenvalue weighted by molar-refractivity contribution is 0.462. The maximum atomic E-state index is 8.58. The van der Waals surface area contributed by atoms with Crippen LogP contribution < -0.4 is 0 Å². The van der Waals surface area contributed by atoms with Crippen LogP contribution in [0.4, 0.5) is 0 Å². The summed E-state index contributed by atoms with van der Waals surface area (Å²) in [5.41, 5.74) is 0.0417. The summed E-state index contributed by atoms with van der Waals surface area (Å²) in [4.78, 5) is 0. The highest BCUT2D eigenvalue weighted by atomic mass is 127. The molecule has 0 bridgehead atoms. The molecule has 0 atom stereocenters. The van der Waals surface area contributed by atoms with Crippen molar-refractivity contribution in [2.75, 3.05) is 0 Å². The van der Waals surface area contributed by atoms with Crippen molar-refractivity contribution < 1.29 is 0 Å². The number of nitriles is 1. The molecule has 0 heterocycles. The third-order valence-corrected chi connectivity index (χ3v) is 1.98. The molecule has 1 rings (SSSR count). The first-order chi connectivity index (χ1) is 5.77. The molecule has 3 heteroatoms. The molecular weight excluding hydrogens is 281 g/mol. The standard InChI is InChI=1S/C7H11N.C2H6.HIS/c1-7(6-8)4-2-3-5-7;2*1-2/h2-5H2,1H3;1-2H3;2H. The normalized spacial score (nSPS) is 17.7. The van der Waals surface area contributed by atoms with Crippen LogP contribution in [0.15, 0.2) is 0 Å². The van der Waals surface area contributed by atoms with Crippen LogP contribution in [0, 0.1) is 16.7 Å². The minimum absolute atomic E-state index is 0.0417. The van der Waals surface area contributed by atoms with Crippen molar-refractivity contribution in [1.29, 1.82) is 5.26 Å². The lowest BCUT2D eigenvalue weighted by atomic mass is 9.91. The molecule has 1 nitrogen and oxygen atoms in total. The van der Waals surface area contributed by atoms with Gasteiger partial charge in [0.2, 0.25) is 0 Å². The van der Waals surface area contributed by atoms with Crippen LogP contribution in [-0.4, -0.2) is 0 Å². The fraction of sp³-hybridized carbons (Fsp3) is 0.889. The van der Waals surface area contributed by atoms with E-state index in [1.165, 1.54) is 12.8 Å². The van der Waals surface area contributed by atoms with E-state index in [1.807, 2.05) is 35.1 Å².